The van der Waals surface area contributed by atoms with Gasteiger partial charge in [0.15, 0.2) is 0 Å². The Balaban J connectivity index is 2.77. The molecule has 0 unspecified atom stereocenters. The van der Waals surface area contributed by atoms with Crippen LogP contribution < -0.4 is 0 Å². The fraction of sp³-hybridized carbons (Fsp3) is 0.800. The molecule has 0 amide bonds. The average Bonchev–Trinajstić information content (AvgIpc) is 1.85. The number of hydrogen-bond donors (Lipinski definition) is 1. The first kappa shape index (κ1) is 8.79. The Morgan fingerprint density at radius 1 is 1.55 bits per heavy atom. The molecule has 1 rings (SSSR count). The molecule has 1 atom stereocenters. The molecule has 0 aliphatic heterocycles. The average molecular weight is 154 g/mol. The van der Waals surface area contributed by atoms with Gasteiger partial charge in [-0.25, -0.2) is 0 Å². The zero-order chi connectivity index (χ0) is 8.65. The summed E-state index contributed by atoms with van der Waals surface area (Å²) < 4.78 is 0. The molecule has 0 bridgehead atoms. The van der Waals surface area contributed by atoms with Gasteiger partial charge in [-0.05, 0) is 31.6 Å². The fourth-order valence-corrected chi connectivity index (χ4v) is 2.02. The topological polar surface area (TPSA) is 20.2 Å². The largest absolute Gasteiger partial charge is 0.396 e. The first-order valence-electron chi connectivity index (χ1n) is 4.27. The van der Waals surface area contributed by atoms with Crippen molar-refractivity contribution < 1.29 is 5.11 Å². The SMILES string of the molecule is CC(C)=C1C[C@H](CO)C1(C)C. The van der Waals surface area contributed by atoms with Crippen LogP contribution >= 0.6 is 0 Å². The Kier molecular flexibility index (Phi) is 2.10. The van der Waals surface area contributed by atoms with E-state index in [9.17, 15) is 0 Å². The number of allylic oxidation sites excluding steroid dienone is 2. The van der Waals surface area contributed by atoms with Gasteiger partial charge in [0, 0.05) is 6.61 Å². The molecule has 1 nitrogen and oxygen atoms in total. The summed E-state index contributed by atoms with van der Waals surface area (Å²) in [4.78, 5) is 0. The summed E-state index contributed by atoms with van der Waals surface area (Å²) in [5.74, 6) is 0.493. The van der Waals surface area contributed by atoms with Crippen molar-refractivity contribution in [2.75, 3.05) is 6.61 Å². The first-order valence-corrected chi connectivity index (χ1v) is 4.27. The molecular weight excluding hydrogens is 136 g/mol. The minimum absolute atomic E-state index is 0.258. The van der Waals surface area contributed by atoms with E-state index in [0.29, 0.717) is 12.5 Å². The van der Waals surface area contributed by atoms with Crippen molar-refractivity contribution >= 4 is 0 Å². The quantitative estimate of drug-likeness (QED) is 0.575. The molecule has 1 saturated carbocycles. The van der Waals surface area contributed by atoms with Gasteiger partial charge in [0.1, 0.15) is 0 Å². The second kappa shape index (κ2) is 2.63. The summed E-state index contributed by atoms with van der Waals surface area (Å²) in [7, 11) is 0. The molecule has 1 aliphatic rings. The van der Waals surface area contributed by atoms with Crippen LogP contribution in [0.25, 0.3) is 0 Å². The van der Waals surface area contributed by atoms with Crippen LogP contribution in [-0.2, 0) is 0 Å². The van der Waals surface area contributed by atoms with E-state index in [4.69, 9.17) is 5.11 Å². The van der Waals surface area contributed by atoms with Crippen LogP contribution in [0.4, 0.5) is 0 Å². The molecule has 64 valence electrons. The first-order chi connectivity index (χ1) is 5.00. The smallest absolute Gasteiger partial charge is 0.0470 e. The van der Waals surface area contributed by atoms with Crippen LogP contribution in [0.5, 0.6) is 0 Å². The van der Waals surface area contributed by atoms with Crippen LogP contribution in [0.2, 0.25) is 0 Å². The van der Waals surface area contributed by atoms with Gasteiger partial charge in [0.25, 0.3) is 0 Å². The van der Waals surface area contributed by atoms with Crippen LogP contribution in [0, 0.1) is 11.3 Å². The highest BCUT2D eigenvalue weighted by atomic mass is 16.3. The molecule has 0 radical (unpaired) electrons. The van der Waals surface area contributed by atoms with Crippen LogP contribution in [0.15, 0.2) is 11.1 Å². The Morgan fingerprint density at radius 2 is 2.09 bits per heavy atom. The predicted molar refractivity (Wildman–Crippen MR) is 47.3 cm³/mol. The Hall–Kier alpha value is -0.300. The number of aliphatic hydroxyl groups is 1. The third kappa shape index (κ3) is 1.22. The molecule has 0 spiro atoms. The highest BCUT2D eigenvalue weighted by molar-refractivity contribution is 5.28. The maximum atomic E-state index is 9.00. The van der Waals surface area contributed by atoms with Crippen molar-refractivity contribution in [2.24, 2.45) is 11.3 Å². The van der Waals surface area contributed by atoms with Gasteiger partial charge in [-0.1, -0.05) is 25.0 Å². The Bertz CT molecular complexity index is 185. The summed E-state index contributed by atoms with van der Waals surface area (Å²) in [6, 6.07) is 0. The second-order valence-corrected chi connectivity index (χ2v) is 4.28. The Labute approximate surface area is 69.1 Å². The Morgan fingerprint density at radius 3 is 2.36 bits per heavy atom. The lowest BCUT2D eigenvalue weighted by atomic mass is 9.58. The standard InChI is InChI=1S/C10H18O/c1-7(2)9-5-8(6-11)10(9,3)4/h8,11H,5-6H2,1-4H3/t8-/m1/s1. The van der Waals surface area contributed by atoms with Crippen molar-refractivity contribution in [3.05, 3.63) is 11.1 Å². The van der Waals surface area contributed by atoms with Crippen LogP contribution in [0.3, 0.4) is 0 Å². The van der Waals surface area contributed by atoms with E-state index in [-0.39, 0.29) is 5.41 Å². The van der Waals surface area contributed by atoms with Crippen molar-refractivity contribution in [3.63, 3.8) is 0 Å². The highest BCUT2D eigenvalue weighted by Gasteiger charge is 2.42. The minimum atomic E-state index is 0.258. The van der Waals surface area contributed by atoms with Gasteiger partial charge in [0.05, 0.1) is 0 Å². The lowest BCUT2D eigenvalue weighted by Gasteiger charge is -2.47. The molecule has 0 saturated heterocycles. The van der Waals surface area contributed by atoms with E-state index >= 15 is 0 Å². The number of hydrogen-bond acceptors (Lipinski definition) is 1. The molecule has 1 N–H and O–H groups in total. The monoisotopic (exact) mass is 154 g/mol. The van der Waals surface area contributed by atoms with E-state index < -0.39 is 0 Å². The van der Waals surface area contributed by atoms with Gasteiger partial charge in [-0.2, -0.15) is 0 Å². The maximum absolute atomic E-state index is 9.00. The van der Waals surface area contributed by atoms with Gasteiger partial charge in [-0.15, -0.1) is 0 Å². The summed E-state index contributed by atoms with van der Waals surface area (Å²) in [6.45, 7) is 9.10. The van der Waals surface area contributed by atoms with Gasteiger partial charge in [0.2, 0.25) is 0 Å². The zero-order valence-electron chi connectivity index (χ0n) is 7.94. The maximum Gasteiger partial charge on any atom is 0.0470 e. The van der Waals surface area contributed by atoms with E-state index in [0.717, 1.165) is 6.42 Å². The summed E-state index contributed by atoms with van der Waals surface area (Å²) in [5.41, 5.74) is 3.23. The number of aliphatic hydroxyl groups excluding tert-OH is 1. The minimum Gasteiger partial charge on any atom is -0.396 e. The van der Waals surface area contributed by atoms with Gasteiger partial charge in [-0.3, -0.25) is 0 Å². The van der Waals surface area contributed by atoms with E-state index in [1.807, 2.05) is 0 Å². The van der Waals surface area contributed by atoms with Crippen molar-refractivity contribution in [1.82, 2.24) is 0 Å². The zero-order valence-corrected chi connectivity index (χ0v) is 7.94. The van der Waals surface area contributed by atoms with Gasteiger partial charge >= 0.3 is 0 Å². The molecule has 0 aromatic carbocycles. The van der Waals surface area contributed by atoms with Gasteiger partial charge < -0.3 is 5.11 Å². The lowest BCUT2D eigenvalue weighted by Crippen LogP contribution is -2.40. The molecule has 0 aromatic rings. The van der Waals surface area contributed by atoms with E-state index in [2.05, 4.69) is 27.7 Å². The molecule has 0 aromatic heterocycles. The van der Waals surface area contributed by atoms with E-state index in [1.165, 1.54) is 11.1 Å². The summed E-state index contributed by atoms with van der Waals surface area (Å²) in [5, 5.41) is 9.00. The number of rotatable bonds is 1. The summed E-state index contributed by atoms with van der Waals surface area (Å²) in [6.07, 6.45) is 1.10. The van der Waals surface area contributed by atoms with Crippen LogP contribution in [-0.4, -0.2) is 11.7 Å². The molecule has 1 fully saturated rings. The molecule has 1 heteroatoms. The molecule has 1 aliphatic carbocycles. The van der Waals surface area contributed by atoms with Crippen molar-refractivity contribution in [1.29, 1.82) is 0 Å². The third-order valence-corrected chi connectivity index (χ3v) is 3.07. The normalized spacial score (nSPS) is 28.1. The lowest BCUT2D eigenvalue weighted by molar-refractivity contribution is 0.0833. The van der Waals surface area contributed by atoms with Crippen molar-refractivity contribution in [3.8, 4) is 0 Å². The predicted octanol–water partition coefficient (Wildman–Crippen LogP) is 2.36. The second-order valence-electron chi connectivity index (χ2n) is 4.28. The van der Waals surface area contributed by atoms with Crippen LogP contribution in [0.1, 0.15) is 34.1 Å². The van der Waals surface area contributed by atoms with E-state index in [1.54, 1.807) is 0 Å². The molecular formula is C10H18O. The fourth-order valence-electron chi connectivity index (χ4n) is 2.02. The summed E-state index contributed by atoms with van der Waals surface area (Å²) >= 11 is 0. The molecule has 11 heavy (non-hydrogen) atoms. The molecule has 0 heterocycles. The highest BCUT2D eigenvalue weighted by Crippen LogP contribution is 2.51. The third-order valence-electron chi connectivity index (χ3n) is 3.07. The van der Waals surface area contributed by atoms with Crippen molar-refractivity contribution in [2.45, 2.75) is 34.1 Å².